The van der Waals surface area contributed by atoms with Crippen LogP contribution < -0.4 is 4.74 Å². The highest BCUT2D eigenvalue weighted by atomic mass is 16.7. The average molecular weight is 692 g/mol. The Morgan fingerprint density at radius 1 is 0.588 bits per heavy atom. The highest BCUT2D eigenvalue weighted by Gasteiger charge is 2.50. The van der Waals surface area contributed by atoms with Gasteiger partial charge in [0.15, 0.2) is 5.75 Å². The smallest absolute Gasteiger partial charge is 0.311 e. The molecule has 5 aromatic rings. The maximum Gasteiger partial charge on any atom is 0.311 e. The van der Waals surface area contributed by atoms with Crippen LogP contribution >= 0.6 is 0 Å². The number of rotatable bonds is 17. The first kappa shape index (κ1) is 35.9. The number of nitro groups is 1. The topological polar surface area (TPSA) is 119 Å². The second kappa shape index (κ2) is 18.3. The summed E-state index contributed by atoms with van der Waals surface area (Å²) in [6, 6.07) is 43.3. The van der Waals surface area contributed by atoms with Crippen LogP contribution in [0.25, 0.3) is 0 Å². The Bertz CT molecular complexity index is 1780. The van der Waals surface area contributed by atoms with E-state index in [9.17, 15) is 15.2 Å². The van der Waals surface area contributed by atoms with Crippen LogP contribution in [0.5, 0.6) is 5.75 Å². The lowest BCUT2D eigenvalue weighted by Crippen LogP contribution is -2.62. The van der Waals surface area contributed by atoms with E-state index in [4.69, 9.17) is 28.4 Å². The van der Waals surface area contributed by atoms with E-state index in [1.165, 1.54) is 12.1 Å². The lowest BCUT2D eigenvalue weighted by Gasteiger charge is -2.45. The molecule has 1 heterocycles. The molecule has 0 saturated carbocycles. The molecule has 1 aliphatic heterocycles. The SMILES string of the molecule is O=[N+]([O-])c1cc(CO)ccc1O[C@@H]1OC(COCc2ccccc2)[C@H](OCc2ccccc2)C(OCc2ccccc2)[C@@H]1OCc1ccccc1. The first-order valence-electron chi connectivity index (χ1n) is 16.9. The molecule has 51 heavy (non-hydrogen) atoms. The molecule has 1 saturated heterocycles. The van der Waals surface area contributed by atoms with Crippen LogP contribution in [0.3, 0.4) is 0 Å². The van der Waals surface area contributed by atoms with Crippen LogP contribution in [-0.2, 0) is 56.7 Å². The zero-order chi connectivity index (χ0) is 35.3. The number of aliphatic hydroxyl groups is 1. The van der Waals surface area contributed by atoms with Gasteiger partial charge in [0.2, 0.25) is 6.29 Å². The first-order chi connectivity index (χ1) is 25.1. The van der Waals surface area contributed by atoms with Crippen LogP contribution in [-0.4, -0.2) is 47.3 Å². The fraction of sp³-hybridized carbons (Fsp3) is 0.268. The van der Waals surface area contributed by atoms with Gasteiger partial charge in [0, 0.05) is 6.07 Å². The zero-order valence-electron chi connectivity index (χ0n) is 28.1. The van der Waals surface area contributed by atoms with E-state index in [0.717, 1.165) is 22.3 Å². The maximum absolute atomic E-state index is 12.2. The number of nitrogens with zero attached hydrogens (tertiary/aromatic N) is 1. The summed E-state index contributed by atoms with van der Waals surface area (Å²) in [7, 11) is 0. The minimum absolute atomic E-state index is 0.0371. The summed E-state index contributed by atoms with van der Waals surface area (Å²) in [5.41, 5.74) is 3.86. The fourth-order valence-electron chi connectivity index (χ4n) is 5.87. The number of nitro benzene ring substituents is 1. The molecule has 1 fully saturated rings. The van der Waals surface area contributed by atoms with E-state index in [-0.39, 0.29) is 44.5 Å². The van der Waals surface area contributed by atoms with Gasteiger partial charge in [0.1, 0.15) is 24.4 Å². The van der Waals surface area contributed by atoms with E-state index in [0.29, 0.717) is 12.2 Å². The third-order valence-electron chi connectivity index (χ3n) is 8.49. The highest BCUT2D eigenvalue weighted by Crippen LogP contribution is 2.35. The molecule has 5 atom stereocenters. The van der Waals surface area contributed by atoms with Crippen LogP contribution in [0.2, 0.25) is 0 Å². The van der Waals surface area contributed by atoms with E-state index in [2.05, 4.69) is 0 Å². The molecule has 0 aliphatic carbocycles. The third-order valence-corrected chi connectivity index (χ3v) is 8.49. The summed E-state index contributed by atoms with van der Waals surface area (Å²) in [6.07, 6.45) is -4.27. The predicted octanol–water partition coefficient (Wildman–Crippen LogP) is 7.16. The molecule has 1 N–H and O–H groups in total. The Balaban J connectivity index is 1.36. The number of aliphatic hydroxyl groups excluding tert-OH is 1. The standard InChI is InChI=1S/C41H41NO9/c43-24-34-21-22-36(35(23-34)42(44)45)50-41-40(49-28-33-19-11-4-12-20-33)39(48-27-32-17-9-3-10-18-32)38(47-26-31-15-7-2-8-16-31)37(51-41)29-46-25-30-13-5-1-6-14-30/h1-23,37-41,43H,24-29H2/t37?,38-,39?,40-,41+/m0/s1. The quantitative estimate of drug-likeness (QED) is 0.0800. The van der Waals surface area contributed by atoms with Gasteiger partial charge in [-0.1, -0.05) is 127 Å². The number of ether oxygens (including phenoxy) is 6. The summed E-state index contributed by atoms with van der Waals surface area (Å²) in [5.74, 6) is -0.0371. The Morgan fingerprint density at radius 3 is 1.55 bits per heavy atom. The zero-order valence-corrected chi connectivity index (χ0v) is 28.1. The number of hydrogen-bond acceptors (Lipinski definition) is 9. The van der Waals surface area contributed by atoms with E-state index < -0.39 is 35.6 Å². The van der Waals surface area contributed by atoms with Gasteiger partial charge in [-0.3, -0.25) is 10.1 Å². The van der Waals surface area contributed by atoms with Gasteiger partial charge in [-0.25, -0.2) is 0 Å². The molecule has 6 rings (SSSR count). The molecule has 0 spiro atoms. The molecule has 0 aromatic heterocycles. The normalized spacial score (nSPS) is 20.1. The molecule has 5 aromatic carbocycles. The van der Waals surface area contributed by atoms with Crippen molar-refractivity contribution in [2.45, 2.75) is 63.7 Å². The van der Waals surface area contributed by atoms with Crippen LogP contribution in [0, 0.1) is 10.1 Å². The highest BCUT2D eigenvalue weighted by molar-refractivity contribution is 5.48. The molecule has 0 bridgehead atoms. The van der Waals surface area contributed by atoms with Gasteiger partial charge in [-0.05, 0) is 33.9 Å². The molecule has 1 aliphatic rings. The van der Waals surface area contributed by atoms with Crippen molar-refractivity contribution in [2.75, 3.05) is 6.61 Å². The van der Waals surface area contributed by atoms with Gasteiger partial charge in [0.05, 0.1) is 44.6 Å². The first-order valence-corrected chi connectivity index (χ1v) is 16.9. The van der Waals surface area contributed by atoms with Crippen LogP contribution in [0.4, 0.5) is 5.69 Å². The van der Waals surface area contributed by atoms with Crippen molar-refractivity contribution in [2.24, 2.45) is 0 Å². The second-order valence-electron chi connectivity index (χ2n) is 12.2. The summed E-state index contributed by atoms with van der Waals surface area (Å²) < 4.78 is 39.2. The summed E-state index contributed by atoms with van der Waals surface area (Å²) in [4.78, 5) is 11.6. The minimum atomic E-state index is -1.17. The molecule has 2 unspecified atom stereocenters. The lowest BCUT2D eigenvalue weighted by molar-refractivity contribution is -0.387. The molecule has 10 nitrogen and oxygen atoms in total. The molecule has 10 heteroatoms. The van der Waals surface area contributed by atoms with Crippen LogP contribution in [0.15, 0.2) is 140 Å². The maximum atomic E-state index is 12.2. The van der Waals surface area contributed by atoms with Gasteiger partial charge < -0.3 is 33.5 Å². The Hall–Kier alpha value is -4.94. The van der Waals surface area contributed by atoms with E-state index in [1.807, 2.05) is 121 Å². The molecule has 0 radical (unpaired) electrons. The third kappa shape index (κ3) is 10.1. The van der Waals surface area contributed by atoms with Gasteiger partial charge >= 0.3 is 5.69 Å². The summed E-state index contributed by atoms with van der Waals surface area (Å²) in [6.45, 7) is 0.760. The Morgan fingerprint density at radius 2 is 1.06 bits per heavy atom. The molecular formula is C41H41NO9. The second-order valence-corrected chi connectivity index (χ2v) is 12.2. The van der Waals surface area contributed by atoms with Crippen LogP contribution in [0.1, 0.15) is 27.8 Å². The van der Waals surface area contributed by atoms with Crippen molar-refractivity contribution >= 4 is 5.69 Å². The Labute approximate surface area is 297 Å². The van der Waals surface area contributed by atoms with Crippen molar-refractivity contribution in [1.29, 1.82) is 0 Å². The van der Waals surface area contributed by atoms with Crippen molar-refractivity contribution < 1.29 is 38.5 Å². The monoisotopic (exact) mass is 691 g/mol. The molecule has 0 amide bonds. The largest absolute Gasteiger partial charge is 0.455 e. The van der Waals surface area contributed by atoms with Crippen molar-refractivity contribution in [1.82, 2.24) is 0 Å². The van der Waals surface area contributed by atoms with Crippen molar-refractivity contribution in [3.63, 3.8) is 0 Å². The number of benzene rings is 5. The average Bonchev–Trinajstić information content (AvgIpc) is 3.18. The lowest BCUT2D eigenvalue weighted by atomic mass is 9.97. The summed E-state index contributed by atoms with van der Waals surface area (Å²) >= 11 is 0. The predicted molar refractivity (Wildman–Crippen MR) is 189 cm³/mol. The van der Waals surface area contributed by atoms with Crippen molar-refractivity contribution in [3.05, 3.63) is 177 Å². The number of hydrogen-bond donors (Lipinski definition) is 1. The fourth-order valence-corrected chi connectivity index (χ4v) is 5.87. The molecule has 264 valence electrons. The van der Waals surface area contributed by atoms with Gasteiger partial charge in [-0.2, -0.15) is 0 Å². The van der Waals surface area contributed by atoms with E-state index >= 15 is 0 Å². The Kier molecular flexibility index (Phi) is 12.9. The summed E-state index contributed by atoms with van der Waals surface area (Å²) in [5, 5.41) is 21.8. The minimum Gasteiger partial charge on any atom is -0.455 e. The molecular weight excluding hydrogens is 650 g/mol. The van der Waals surface area contributed by atoms with Crippen molar-refractivity contribution in [3.8, 4) is 5.75 Å². The van der Waals surface area contributed by atoms with E-state index in [1.54, 1.807) is 6.07 Å². The van der Waals surface area contributed by atoms with Gasteiger partial charge in [0.25, 0.3) is 0 Å². The van der Waals surface area contributed by atoms with Gasteiger partial charge in [-0.15, -0.1) is 0 Å².